The van der Waals surface area contributed by atoms with Gasteiger partial charge in [-0.1, -0.05) is 58.0 Å². The first-order valence-electron chi connectivity index (χ1n) is 9.50. The van der Waals surface area contributed by atoms with E-state index >= 15 is 0 Å². The minimum absolute atomic E-state index is 0.146. The zero-order chi connectivity index (χ0) is 18.4. The second-order valence-corrected chi connectivity index (χ2v) is 6.60. The van der Waals surface area contributed by atoms with Crippen LogP contribution in [-0.4, -0.2) is 13.1 Å². The molecular formula is C20H26N2. The Morgan fingerprint density at radius 2 is 1.45 bits per heavy atom. The molecule has 22 heavy (non-hydrogen) atoms. The number of benzene rings is 2. The van der Waals surface area contributed by atoms with E-state index in [-0.39, 0.29) is 12.1 Å². The molecule has 0 bridgehead atoms. The van der Waals surface area contributed by atoms with Gasteiger partial charge in [0.2, 0.25) is 0 Å². The molecule has 1 heterocycles. The maximum Gasteiger partial charge on any atom is 0.108 e. The van der Waals surface area contributed by atoms with Crippen LogP contribution in [0.1, 0.15) is 43.3 Å². The third kappa shape index (κ3) is 2.27. The van der Waals surface area contributed by atoms with Crippen LogP contribution in [0.15, 0.2) is 48.5 Å². The predicted octanol–water partition coefficient (Wildman–Crippen LogP) is 5.38. The lowest BCUT2D eigenvalue weighted by molar-refractivity contribution is 0.494. The number of nitrogens with zero attached hydrogens (tertiary/aromatic N) is 2. The normalized spacial score (nSPS) is 20.1. The molecule has 0 aliphatic carbocycles. The van der Waals surface area contributed by atoms with Gasteiger partial charge in [-0.05, 0) is 35.6 Å². The van der Waals surface area contributed by atoms with E-state index in [1.54, 1.807) is 4.90 Å². The highest BCUT2D eigenvalue weighted by Crippen LogP contribution is 2.46. The van der Waals surface area contributed by atoms with E-state index in [0.717, 1.165) is 17.1 Å². The van der Waals surface area contributed by atoms with E-state index in [4.69, 9.17) is 4.11 Å². The van der Waals surface area contributed by atoms with Crippen LogP contribution >= 0.6 is 0 Å². The van der Waals surface area contributed by atoms with Crippen molar-refractivity contribution in [3.05, 3.63) is 54.1 Å². The average molecular weight is 297 g/mol. The van der Waals surface area contributed by atoms with Gasteiger partial charge >= 0.3 is 0 Å². The van der Waals surface area contributed by atoms with Crippen molar-refractivity contribution in [2.45, 2.75) is 39.8 Å². The molecule has 0 aromatic heterocycles. The Balaban J connectivity index is 2.25. The number of anilines is 3. The Morgan fingerprint density at radius 1 is 0.864 bits per heavy atom. The van der Waals surface area contributed by atoms with E-state index < -0.39 is 6.98 Å². The fourth-order valence-electron chi connectivity index (χ4n) is 3.34. The van der Waals surface area contributed by atoms with Crippen molar-refractivity contribution in [3.8, 4) is 0 Å². The molecule has 1 aliphatic heterocycles. The Morgan fingerprint density at radius 3 is 2.05 bits per heavy atom. The van der Waals surface area contributed by atoms with E-state index in [0.29, 0.717) is 5.92 Å². The summed E-state index contributed by atoms with van der Waals surface area (Å²) in [6.07, 6.45) is -0.246. The maximum absolute atomic E-state index is 8.11. The summed E-state index contributed by atoms with van der Waals surface area (Å²) >= 11 is 0. The Bertz CT molecular complexity index is 753. The summed E-state index contributed by atoms with van der Waals surface area (Å²) < 4.78 is 24.3. The third-order valence-electron chi connectivity index (χ3n) is 4.34. The maximum atomic E-state index is 8.11. The van der Waals surface area contributed by atoms with Gasteiger partial charge < -0.3 is 9.80 Å². The topological polar surface area (TPSA) is 6.48 Å². The Hall–Kier alpha value is -1.96. The van der Waals surface area contributed by atoms with Crippen LogP contribution in [0.5, 0.6) is 0 Å². The standard InChI is InChI=1S/C20H26N2/c1-14(2)16-10-6-7-11-17(16)22-19-13-9-8-12-18(19)21(5)20(22)15(3)4/h6-15,20H,1-5H3/i5D3. The van der Waals surface area contributed by atoms with E-state index in [9.17, 15) is 0 Å². The lowest BCUT2D eigenvalue weighted by atomic mass is 9.99. The van der Waals surface area contributed by atoms with Crippen molar-refractivity contribution in [2.24, 2.45) is 5.92 Å². The van der Waals surface area contributed by atoms with Gasteiger partial charge in [-0.2, -0.15) is 0 Å². The highest BCUT2D eigenvalue weighted by atomic mass is 15.4. The van der Waals surface area contributed by atoms with Crippen LogP contribution in [-0.2, 0) is 0 Å². The summed E-state index contributed by atoms with van der Waals surface area (Å²) in [5.41, 5.74) is 4.07. The van der Waals surface area contributed by atoms with Gasteiger partial charge in [0.25, 0.3) is 0 Å². The molecule has 2 aromatic rings. The SMILES string of the molecule is [2H]C([2H])([2H])N1c2ccccc2N(c2ccccc2C(C)C)C1C(C)C. The van der Waals surface area contributed by atoms with Crippen molar-refractivity contribution in [2.75, 3.05) is 16.8 Å². The molecule has 116 valence electrons. The Kier molecular flexibility index (Phi) is 2.99. The van der Waals surface area contributed by atoms with Gasteiger partial charge in [0.15, 0.2) is 0 Å². The second-order valence-electron chi connectivity index (χ2n) is 6.60. The van der Waals surface area contributed by atoms with Crippen LogP contribution in [0.25, 0.3) is 0 Å². The van der Waals surface area contributed by atoms with Crippen LogP contribution in [0, 0.1) is 5.92 Å². The summed E-state index contributed by atoms with van der Waals surface area (Å²) in [5, 5.41) is 0. The van der Waals surface area contributed by atoms with Gasteiger partial charge in [0.1, 0.15) is 6.17 Å². The molecule has 2 heteroatoms. The predicted molar refractivity (Wildman–Crippen MR) is 96.1 cm³/mol. The molecule has 2 aromatic carbocycles. The van der Waals surface area contributed by atoms with Crippen molar-refractivity contribution >= 4 is 17.1 Å². The number of para-hydroxylation sites is 3. The number of hydrogen-bond donors (Lipinski definition) is 0. The number of hydrogen-bond acceptors (Lipinski definition) is 2. The van der Waals surface area contributed by atoms with Gasteiger partial charge in [-0.25, -0.2) is 0 Å². The highest BCUT2D eigenvalue weighted by Gasteiger charge is 2.37. The fraction of sp³-hybridized carbons (Fsp3) is 0.400. The molecule has 3 rings (SSSR count). The fourth-order valence-corrected chi connectivity index (χ4v) is 3.34. The molecule has 0 N–H and O–H groups in total. The van der Waals surface area contributed by atoms with Gasteiger partial charge in [-0.3, -0.25) is 0 Å². The molecule has 0 spiro atoms. The monoisotopic (exact) mass is 297 g/mol. The zero-order valence-electron chi connectivity index (χ0n) is 16.7. The highest BCUT2D eigenvalue weighted by molar-refractivity contribution is 5.84. The van der Waals surface area contributed by atoms with Crippen LogP contribution < -0.4 is 9.80 Å². The molecule has 0 saturated heterocycles. The van der Waals surface area contributed by atoms with E-state index in [1.165, 1.54) is 5.56 Å². The minimum Gasteiger partial charge on any atom is -0.352 e. The first kappa shape index (κ1) is 11.6. The first-order chi connectivity index (χ1) is 11.7. The molecule has 0 radical (unpaired) electrons. The Labute approximate surface area is 138 Å². The summed E-state index contributed by atoms with van der Waals surface area (Å²) in [7, 11) is 0. The lowest BCUT2D eigenvalue weighted by Crippen LogP contribution is -2.43. The van der Waals surface area contributed by atoms with Crippen LogP contribution in [0.3, 0.4) is 0 Å². The van der Waals surface area contributed by atoms with Crippen molar-refractivity contribution in [1.82, 2.24) is 0 Å². The summed E-state index contributed by atoms with van der Waals surface area (Å²) in [5.74, 6) is 0.506. The smallest absolute Gasteiger partial charge is 0.108 e. The summed E-state index contributed by atoms with van der Waals surface area (Å²) in [6.45, 7) is 6.33. The summed E-state index contributed by atoms with van der Waals surface area (Å²) in [4.78, 5) is 3.81. The van der Waals surface area contributed by atoms with E-state index in [2.05, 4.69) is 44.7 Å². The minimum atomic E-state index is -2.19. The van der Waals surface area contributed by atoms with Crippen molar-refractivity contribution < 1.29 is 4.11 Å². The molecule has 0 amide bonds. The third-order valence-corrected chi connectivity index (χ3v) is 4.34. The molecule has 0 fully saturated rings. The van der Waals surface area contributed by atoms with Crippen LogP contribution in [0.4, 0.5) is 17.1 Å². The molecular weight excluding hydrogens is 268 g/mol. The van der Waals surface area contributed by atoms with Gasteiger partial charge in [-0.15, -0.1) is 0 Å². The first-order valence-corrected chi connectivity index (χ1v) is 8.00. The van der Waals surface area contributed by atoms with Crippen LogP contribution in [0.2, 0.25) is 0 Å². The largest absolute Gasteiger partial charge is 0.352 e. The molecule has 2 nitrogen and oxygen atoms in total. The van der Waals surface area contributed by atoms with E-state index in [1.807, 2.05) is 36.4 Å². The molecule has 1 unspecified atom stereocenters. The molecule has 0 saturated carbocycles. The lowest BCUT2D eigenvalue weighted by Gasteiger charge is -2.35. The quantitative estimate of drug-likeness (QED) is 0.750. The second kappa shape index (κ2) is 5.68. The number of fused-ring (bicyclic) bond motifs is 1. The van der Waals surface area contributed by atoms with Gasteiger partial charge in [0, 0.05) is 16.8 Å². The van der Waals surface area contributed by atoms with Gasteiger partial charge in [0.05, 0.1) is 11.4 Å². The van der Waals surface area contributed by atoms with Crippen molar-refractivity contribution in [3.63, 3.8) is 0 Å². The molecule has 1 aliphatic rings. The zero-order valence-corrected chi connectivity index (χ0v) is 13.7. The summed E-state index contributed by atoms with van der Waals surface area (Å²) in [6, 6.07) is 16.1. The van der Waals surface area contributed by atoms with Crippen molar-refractivity contribution in [1.29, 1.82) is 0 Å². The molecule has 1 atom stereocenters. The average Bonchev–Trinajstić information content (AvgIpc) is 2.90. The number of rotatable bonds is 3.